The molecule has 2 fully saturated rings. The van der Waals surface area contributed by atoms with E-state index >= 15 is 0 Å². The zero-order valence-electron chi connectivity index (χ0n) is 13.3. The lowest BCUT2D eigenvalue weighted by Crippen LogP contribution is -2.43. The molecule has 2 rings (SSSR count). The van der Waals surface area contributed by atoms with Gasteiger partial charge in [-0.05, 0) is 52.6 Å². The predicted octanol–water partition coefficient (Wildman–Crippen LogP) is 1.91. The molecular formula is C16H28N2O2. The molecule has 2 heterocycles. The first-order chi connectivity index (χ1) is 9.32. The van der Waals surface area contributed by atoms with Crippen molar-refractivity contribution in [3.8, 4) is 0 Å². The van der Waals surface area contributed by atoms with Gasteiger partial charge in [-0.3, -0.25) is 4.79 Å². The largest absolute Gasteiger partial charge is 0.375 e. The fraction of sp³-hybridized carbons (Fsp3) is 0.812. The summed E-state index contributed by atoms with van der Waals surface area (Å²) in [5, 5.41) is 0. The monoisotopic (exact) mass is 280 g/mol. The number of hydrogen-bond donors (Lipinski definition) is 0. The summed E-state index contributed by atoms with van der Waals surface area (Å²) in [5.74, 6) is 0.153. The summed E-state index contributed by atoms with van der Waals surface area (Å²) in [6.45, 7) is 7.74. The molecule has 4 heteroatoms. The second kappa shape index (κ2) is 5.86. The van der Waals surface area contributed by atoms with E-state index < -0.39 is 0 Å². The van der Waals surface area contributed by atoms with Gasteiger partial charge in [0.2, 0.25) is 5.91 Å². The van der Waals surface area contributed by atoms with Gasteiger partial charge in [0.1, 0.15) is 0 Å². The van der Waals surface area contributed by atoms with Crippen molar-refractivity contribution in [1.82, 2.24) is 9.80 Å². The summed E-state index contributed by atoms with van der Waals surface area (Å²) >= 11 is 0. The van der Waals surface area contributed by atoms with E-state index in [9.17, 15) is 4.79 Å². The van der Waals surface area contributed by atoms with Crippen LogP contribution in [0.5, 0.6) is 0 Å². The van der Waals surface area contributed by atoms with Crippen LogP contribution in [-0.2, 0) is 9.53 Å². The number of likely N-dealkylation sites (tertiary alicyclic amines) is 1. The summed E-state index contributed by atoms with van der Waals surface area (Å²) in [6, 6.07) is 0. The summed E-state index contributed by atoms with van der Waals surface area (Å²) in [4.78, 5) is 16.1. The van der Waals surface area contributed by atoms with E-state index in [-0.39, 0.29) is 11.5 Å². The molecule has 1 spiro atoms. The van der Waals surface area contributed by atoms with Crippen molar-refractivity contribution in [1.29, 1.82) is 0 Å². The molecule has 0 radical (unpaired) electrons. The van der Waals surface area contributed by atoms with Crippen LogP contribution in [-0.4, -0.2) is 61.6 Å². The number of nitrogens with zero attached hydrogens (tertiary/aromatic N) is 2. The Kier molecular flexibility index (Phi) is 4.55. The van der Waals surface area contributed by atoms with E-state index in [0.717, 1.165) is 45.5 Å². The molecule has 0 bridgehead atoms. The Bertz CT molecular complexity index is 380. The van der Waals surface area contributed by atoms with Gasteiger partial charge in [0, 0.05) is 25.7 Å². The molecule has 114 valence electrons. The normalized spacial score (nSPS) is 24.9. The van der Waals surface area contributed by atoms with Gasteiger partial charge in [0.15, 0.2) is 0 Å². The fourth-order valence-corrected chi connectivity index (χ4v) is 3.35. The van der Waals surface area contributed by atoms with Crippen molar-refractivity contribution in [2.24, 2.45) is 5.41 Å². The quantitative estimate of drug-likeness (QED) is 0.740. The van der Waals surface area contributed by atoms with Crippen molar-refractivity contribution < 1.29 is 9.53 Å². The third kappa shape index (κ3) is 3.83. The van der Waals surface area contributed by atoms with Gasteiger partial charge in [-0.2, -0.15) is 0 Å². The first kappa shape index (κ1) is 15.5. The molecule has 20 heavy (non-hydrogen) atoms. The van der Waals surface area contributed by atoms with Crippen LogP contribution in [0, 0.1) is 5.41 Å². The lowest BCUT2D eigenvalue weighted by Gasteiger charge is -2.38. The average Bonchev–Trinajstić information content (AvgIpc) is 2.65. The van der Waals surface area contributed by atoms with E-state index in [1.165, 1.54) is 0 Å². The number of hydrogen-bond acceptors (Lipinski definition) is 3. The molecule has 0 aliphatic carbocycles. The molecule has 0 atom stereocenters. The number of piperidine rings is 1. The van der Waals surface area contributed by atoms with E-state index in [1.54, 1.807) is 6.08 Å². The topological polar surface area (TPSA) is 32.8 Å². The van der Waals surface area contributed by atoms with Crippen LogP contribution in [0.15, 0.2) is 12.2 Å². The highest BCUT2D eigenvalue weighted by atomic mass is 16.5. The number of carbonyl (C=O) groups excluding carboxylic acids is 1. The Morgan fingerprint density at radius 3 is 2.45 bits per heavy atom. The van der Waals surface area contributed by atoms with Crippen molar-refractivity contribution in [3.63, 3.8) is 0 Å². The lowest BCUT2D eigenvalue weighted by atomic mass is 9.74. The smallest absolute Gasteiger partial charge is 0.246 e. The van der Waals surface area contributed by atoms with Crippen LogP contribution in [0.4, 0.5) is 0 Å². The summed E-state index contributed by atoms with van der Waals surface area (Å²) in [7, 11) is 4.00. The van der Waals surface area contributed by atoms with Gasteiger partial charge < -0.3 is 14.5 Å². The van der Waals surface area contributed by atoms with Crippen molar-refractivity contribution in [2.75, 3.05) is 40.3 Å². The summed E-state index contributed by atoms with van der Waals surface area (Å²) < 4.78 is 5.90. The molecule has 2 aliphatic heterocycles. The van der Waals surface area contributed by atoms with Crippen LogP contribution in [0.2, 0.25) is 0 Å². The van der Waals surface area contributed by atoms with Gasteiger partial charge in [-0.1, -0.05) is 6.08 Å². The van der Waals surface area contributed by atoms with E-state index in [2.05, 4.69) is 13.8 Å². The molecule has 0 saturated carbocycles. The van der Waals surface area contributed by atoms with Gasteiger partial charge in [-0.15, -0.1) is 0 Å². The van der Waals surface area contributed by atoms with Gasteiger partial charge in [0.05, 0.1) is 12.2 Å². The highest BCUT2D eigenvalue weighted by Crippen LogP contribution is 2.46. The minimum atomic E-state index is 0.0117. The summed E-state index contributed by atoms with van der Waals surface area (Å²) in [6.07, 6.45) is 6.92. The minimum Gasteiger partial charge on any atom is -0.375 e. The van der Waals surface area contributed by atoms with Gasteiger partial charge in [0.25, 0.3) is 0 Å². The van der Waals surface area contributed by atoms with Crippen LogP contribution in [0.1, 0.15) is 33.1 Å². The van der Waals surface area contributed by atoms with E-state index in [0.29, 0.717) is 5.41 Å². The maximum atomic E-state index is 12.1. The Labute approximate surface area is 122 Å². The molecule has 0 aromatic rings. The number of carbonyl (C=O) groups is 1. The fourth-order valence-electron chi connectivity index (χ4n) is 3.35. The highest BCUT2D eigenvalue weighted by Gasteiger charge is 2.46. The van der Waals surface area contributed by atoms with Crippen LogP contribution >= 0.6 is 0 Å². The molecule has 0 unspecified atom stereocenters. The molecular weight excluding hydrogens is 252 g/mol. The molecule has 2 saturated heterocycles. The maximum absolute atomic E-state index is 12.1. The highest BCUT2D eigenvalue weighted by molar-refractivity contribution is 5.87. The van der Waals surface area contributed by atoms with E-state index in [1.807, 2.05) is 30.0 Å². The van der Waals surface area contributed by atoms with Crippen LogP contribution in [0.3, 0.4) is 0 Å². The average molecular weight is 280 g/mol. The Hall–Kier alpha value is -0.870. The Morgan fingerprint density at radius 1 is 1.30 bits per heavy atom. The van der Waals surface area contributed by atoms with Crippen LogP contribution in [0.25, 0.3) is 0 Å². The number of amides is 1. The number of likely N-dealkylation sites (N-methyl/N-ethyl adjacent to an activating group) is 1. The lowest BCUT2D eigenvalue weighted by molar-refractivity contribution is -0.128. The Morgan fingerprint density at radius 2 is 1.95 bits per heavy atom. The molecule has 4 nitrogen and oxygen atoms in total. The first-order valence-corrected chi connectivity index (χ1v) is 7.56. The second-order valence-corrected chi connectivity index (χ2v) is 7.22. The SMILES string of the molecule is CN(C)CC=CC(=O)N1CCC2(CC1)COC(C)(C)C2. The molecule has 0 N–H and O–H groups in total. The van der Waals surface area contributed by atoms with Gasteiger partial charge in [-0.25, -0.2) is 0 Å². The number of ether oxygens (including phenoxy) is 1. The third-order valence-corrected chi connectivity index (χ3v) is 4.44. The van der Waals surface area contributed by atoms with E-state index in [4.69, 9.17) is 4.74 Å². The van der Waals surface area contributed by atoms with Crippen molar-refractivity contribution >= 4 is 5.91 Å². The van der Waals surface area contributed by atoms with Crippen LogP contribution < -0.4 is 0 Å². The zero-order chi connectivity index (χ0) is 14.8. The molecule has 0 aromatic heterocycles. The minimum absolute atomic E-state index is 0.0117. The third-order valence-electron chi connectivity index (χ3n) is 4.44. The molecule has 1 amide bonds. The van der Waals surface area contributed by atoms with Crippen molar-refractivity contribution in [3.05, 3.63) is 12.2 Å². The second-order valence-electron chi connectivity index (χ2n) is 7.22. The van der Waals surface area contributed by atoms with Crippen molar-refractivity contribution in [2.45, 2.75) is 38.7 Å². The predicted molar refractivity (Wildman–Crippen MR) is 80.6 cm³/mol. The standard InChI is InChI=1S/C16H28N2O2/c1-15(2)12-16(13-20-15)7-10-18(11-8-16)14(19)6-5-9-17(3)4/h5-6H,7-13H2,1-4H3. The molecule has 2 aliphatic rings. The number of rotatable bonds is 3. The zero-order valence-corrected chi connectivity index (χ0v) is 13.3. The Balaban J connectivity index is 1.82. The van der Waals surface area contributed by atoms with Gasteiger partial charge >= 0.3 is 0 Å². The maximum Gasteiger partial charge on any atom is 0.246 e. The first-order valence-electron chi connectivity index (χ1n) is 7.56. The summed E-state index contributed by atoms with van der Waals surface area (Å²) in [5.41, 5.74) is 0.325. The molecule has 0 aromatic carbocycles.